The van der Waals surface area contributed by atoms with Crippen LogP contribution in [0.4, 0.5) is 0 Å². The van der Waals surface area contributed by atoms with Crippen LogP contribution in [0.5, 0.6) is 0 Å². The Bertz CT molecular complexity index is 959. The van der Waals surface area contributed by atoms with Gasteiger partial charge in [0.1, 0.15) is 0 Å². The third-order valence-electron chi connectivity index (χ3n) is 6.03. The highest BCUT2D eigenvalue weighted by atomic mass is 32.2. The first-order valence-corrected chi connectivity index (χ1v) is 12.7. The lowest BCUT2D eigenvalue weighted by Crippen LogP contribution is -2.48. The quantitative estimate of drug-likeness (QED) is 0.508. The van der Waals surface area contributed by atoms with E-state index in [-0.39, 0.29) is 4.90 Å². The molecule has 1 heterocycles. The van der Waals surface area contributed by atoms with E-state index in [0.29, 0.717) is 18.4 Å². The van der Waals surface area contributed by atoms with Gasteiger partial charge in [-0.3, -0.25) is 4.99 Å². The Morgan fingerprint density at radius 3 is 2.45 bits per heavy atom. The van der Waals surface area contributed by atoms with Crippen LogP contribution < -0.4 is 10.5 Å². The number of primary sulfonamides is 1. The first-order valence-electron chi connectivity index (χ1n) is 11.1. The molecule has 2 aromatic rings. The molecule has 0 amide bonds. The van der Waals surface area contributed by atoms with Crippen molar-refractivity contribution in [3.05, 3.63) is 65.7 Å². The van der Waals surface area contributed by atoms with E-state index in [0.717, 1.165) is 50.4 Å². The maximum atomic E-state index is 11.4. The molecule has 0 saturated carbocycles. The fourth-order valence-corrected chi connectivity index (χ4v) is 4.86. The molecule has 0 bridgehead atoms. The van der Waals surface area contributed by atoms with Gasteiger partial charge in [-0.25, -0.2) is 13.6 Å². The van der Waals surface area contributed by atoms with Gasteiger partial charge in [0.15, 0.2) is 5.96 Å². The maximum Gasteiger partial charge on any atom is 0.238 e. The van der Waals surface area contributed by atoms with E-state index >= 15 is 0 Å². The zero-order valence-corrected chi connectivity index (χ0v) is 19.3. The van der Waals surface area contributed by atoms with Gasteiger partial charge in [0.05, 0.1) is 4.90 Å². The Morgan fingerprint density at radius 1 is 1.13 bits per heavy atom. The summed E-state index contributed by atoms with van der Waals surface area (Å²) in [5.41, 5.74) is 2.49. The van der Waals surface area contributed by atoms with Gasteiger partial charge in [0.25, 0.3) is 0 Å². The molecule has 3 N–H and O–H groups in total. The van der Waals surface area contributed by atoms with Crippen molar-refractivity contribution in [1.29, 1.82) is 0 Å². The van der Waals surface area contributed by atoms with Crippen molar-refractivity contribution in [2.24, 2.45) is 16.0 Å². The summed E-state index contributed by atoms with van der Waals surface area (Å²) < 4.78 is 22.8. The number of hydrogen-bond acceptors (Lipinski definition) is 3. The molecule has 2 unspecified atom stereocenters. The topological polar surface area (TPSA) is 87.8 Å². The van der Waals surface area contributed by atoms with Crippen LogP contribution in [-0.2, 0) is 16.4 Å². The lowest BCUT2D eigenvalue weighted by Gasteiger charge is -2.40. The number of nitrogens with zero attached hydrogens (tertiary/aromatic N) is 2. The minimum atomic E-state index is -3.65. The summed E-state index contributed by atoms with van der Waals surface area (Å²) in [6.07, 6.45) is 3.02. The summed E-state index contributed by atoms with van der Waals surface area (Å²) in [6.45, 7) is 7.84. The van der Waals surface area contributed by atoms with Crippen molar-refractivity contribution in [2.45, 2.75) is 43.9 Å². The molecule has 0 spiro atoms. The molecule has 3 rings (SSSR count). The Morgan fingerprint density at radius 2 is 1.84 bits per heavy atom. The van der Waals surface area contributed by atoms with Gasteiger partial charge in [-0.05, 0) is 54.9 Å². The van der Waals surface area contributed by atoms with Crippen molar-refractivity contribution in [3.8, 4) is 0 Å². The van der Waals surface area contributed by atoms with Crippen molar-refractivity contribution in [3.63, 3.8) is 0 Å². The van der Waals surface area contributed by atoms with Crippen molar-refractivity contribution in [2.75, 3.05) is 26.2 Å². The number of nitrogens with one attached hydrogen (secondary N) is 1. The van der Waals surface area contributed by atoms with Crippen LogP contribution in [-0.4, -0.2) is 45.5 Å². The highest BCUT2D eigenvalue weighted by molar-refractivity contribution is 7.89. The van der Waals surface area contributed by atoms with Crippen LogP contribution >= 0.6 is 0 Å². The normalized spacial score (nSPS) is 20.0. The number of guanidine groups is 1. The van der Waals surface area contributed by atoms with E-state index in [1.807, 2.05) is 0 Å². The predicted octanol–water partition coefficient (Wildman–Crippen LogP) is 3.36. The van der Waals surface area contributed by atoms with Crippen LogP contribution in [0.3, 0.4) is 0 Å². The lowest BCUT2D eigenvalue weighted by atomic mass is 9.79. The molecular formula is C24H34N4O2S. The van der Waals surface area contributed by atoms with Crippen LogP contribution in [0.25, 0.3) is 0 Å². The van der Waals surface area contributed by atoms with E-state index in [1.165, 1.54) is 5.56 Å². The number of benzene rings is 2. The van der Waals surface area contributed by atoms with Gasteiger partial charge in [-0.15, -0.1) is 0 Å². The molecule has 0 radical (unpaired) electrons. The van der Waals surface area contributed by atoms with E-state index in [4.69, 9.17) is 10.1 Å². The van der Waals surface area contributed by atoms with E-state index in [2.05, 4.69) is 54.4 Å². The Kier molecular flexibility index (Phi) is 8.09. The molecule has 31 heavy (non-hydrogen) atoms. The predicted molar refractivity (Wildman–Crippen MR) is 127 cm³/mol. The number of hydrogen-bond donors (Lipinski definition) is 2. The molecule has 2 aromatic carbocycles. The number of aliphatic imine (C=N–C) groups is 1. The molecule has 7 heteroatoms. The van der Waals surface area contributed by atoms with Crippen LogP contribution in [0, 0.1) is 5.92 Å². The lowest BCUT2D eigenvalue weighted by molar-refractivity contribution is 0.215. The maximum absolute atomic E-state index is 11.4. The molecule has 1 aliphatic heterocycles. The summed E-state index contributed by atoms with van der Waals surface area (Å²) in [6, 6.07) is 17.6. The zero-order valence-electron chi connectivity index (χ0n) is 18.5. The summed E-state index contributed by atoms with van der Waals surface area (Å²) >= 11 is 0. The monoisotopic (exact) mass is 442 g/mol. The average molecular weight is 443 g/mol. The SMILES string of the molecule is CCNC(=NCCc1ccc(S(N)(=O)=O)cc1)N1CCC(c2ccccc2)C(CC)C1. The largest absolute Gasteiger partial charge is 0.357 e. The van der Waals surface area contributed by atoms with Crippen molar-refractivity contribution < 1.29 is 8.42 Å². The molecule has 0 aliphatic carbocycles. The summed E-state index contributed by atoms with van der Waals surface area (Å²) in [5, 5.41) is 8.62. The van der Waals surface area contributed by atoms with E-state index in [9.17, 15) is 8.42 Å². The average Bonchev–Trinajstić information content (AvgIpc) is 2.78. The Hall–Kier alpha value is -2.38. The highest BCUT2D eigenvalue weighted by Gasteiger charge is 2.30. The van der Waals surface area contributed by atoms with E-state index < -0.39 is 10.0 Å². The van der Waals surface area contributed by atoms with Gasteiger partial charge in [-0.2, -0.15) is 0 Å². The highest BCUT2D eigenvalue weighted by Crippen LogP contribution is 2.34. The van der Waals surface area contributed by atoms with Gasteiger partial charge in [-0.1, -0.05) is 55.8 Å². The minimum absolute atomic E-state index is 0.139. The molecule has 0 aromatic heterocycles. The number of sulfonamides is 1. The van der Waals surface area contributed by atoms with Crippen LogP contribution in [0.15, 0.2) is 64.5 Å². The van der Waals surface area contributed by atoms with Crippen molar-refractivity contribution >= 4 is 16.0 Å². The molecule has 6 nitrogen and oxygen atoms in total. The standard InChI is InChI=1S/C24H34N4O2S/c1-3-20-18-28(17-15-23(20)21-8-6-5-7-9-21)24(26-4-2)27-16-14-19-10-12-22(13-11-19)31(25,29)30/h5-13,20,23H,3-4,14-18H2,1-2H3,(H,26,27)(H2,25,29,30). The number of nitrogens with two attached hydrogens (primary N) is 1. The second-order valence-corrected chi connectivity index (χ2v) is 9.66. The number of likely N-dealkylation sites (tertiary alicyclic amines) is 1. The molecule has 1 aliphatic rings. The van der Waals surface area contributed by atoms with Crippen molar-refractivity contribution in [1.82, 2.24) is 10.2 Å². The number of piperidine rings is 1. The molecular weight excluding hydrogens is 408 g/mol. The summed E-state index contributed by atoms with van der Waals surface area (Å²) in [5.74, 6) is 2.17. The van der Waals surface area contributed by atoms with E-state index in [1.54, 1.807) is 24.3 Å². The molecule has 2 atom stereocenters. The number of rotatable bonds is 7. The fraction of sp³-hybridized carbons (Fsp3) is 0.458. The fourth-order valence-electron chi connectivity index (χ4n) is 4.34. The Labute approximate surface area is 186 Å². The zero-order chi connectivity index (χ0) is 22.3. The first kappa shape index (κ1) is 23.3. The summed E-state index contributed by atoms with van der Waals surface area (Å²) in [7, 11) is -3.65. The molecule has 1 saturated heterocycles. The minimum Gasteiger partial charge on any atom is -0.357 e. The second-order valence-electron chi connectivity index (χ2n) is 8.09. The van der Waals surface area contributed by atoms with Crippen LogP contribution in [0.2, 0.25) is 0 Å². The third-order valence-corrected chi connectivity index (χ3v) is 6.96. The Balaban J connectivity index is 1.64. The second kappa shape index (κ2) is 10.8. The van der Waals surface area contributed by atoms with Gasteiger partial charge < -0.3 is 10.2 Å². The van der Waals surface area contributed by atoms with Gasteiger partial charge in [0.2, 0.25) is 10.0 Å². The molecule has 168 valence electrons. The van der Waals surface area contributed by atoms with Gasteiger partial charge >= 0.3 is 0 Å². The first-order chi connectivity index (χ1) is 14.9. The third kappa shape index (κ3) is 6.31. The smallest absolute Gasteiger partial charge is 0.238 e. The molecule has 1 fully saturated rings. The summed E-state index contributed by atoms with van der Waals surface area (Å²) in [4.78, 5) is 7.39. The van der Waals surface area contributed by atoms with Crippen LogP contribution in [0.1, 0.15) is 43.7 Å². The van der Waals surface area contributed by atoms with Gasteiger partial charge in [0, 0.05) is 26.2 Å².